The Bertz CT molecular complexity index is 980. The second-order valence-corrected chi connectivity index (χ2v) is 10.7. The summed E-state index contributed by atoms with van der Waals surface area (Å²) < 4.78 is 44.0. The molecule has 0 fully saturated rings. The van der Waals surface area contributed by atoms with E-state index in [1.165, 1.54) is 12.1 Å². The third-order valence-electron chi connectivity index (χ3n) is 6.03. The van der Waals surface area contributed by atoms with Crippen molar-refractivity contribution in [3.63, 3.8) is 0 Å². The van der Waals surface area contributed by atoms with Gasteiger partial charge in [0.2, 0.25) is 0 Å². The number of benzene rings is 1. The van der Waals surface area contributed by atoms with Crippen LogP contribution in [0, 0.1) is 0 Å². The van der Waals surface area contributed by atoms with Crippen molar-refractivity contribution in [3.05, 3.63) is 53.6 Å². The van der Waals surface area contributed by atoms with Crippen molar-refractivity contribution in [2.24, 2.45) is 0 Å². The van der Waals surface area contributed by atoms with E-state index in [1.807, 2.05) is 0 Å². The fourth-order valence-corrected chi connectivity index (χ4v) is 4.67. The van der Waals surface area contributed by atoms with Gasteiger partial charge in [-0.1, -0.05) is 82.7 Å². The molecule has 0 bridgehead atoms. The zero-order valence-electron chi connectivity index (χ0n) is 23.2. The minimum atomic E-state index is -4.75. The lowest BCUT2D eigenvalue weighted by atomic mass is 10.1. The van der Waals surface area contributed by atoms with Gasteiger partial charge in [0.15, 0.2) is 0 Å². The van der Waals surface area contributed by atoms with Crippen LogP contribution in [-0.2, 0) is 19.6 Å². The molecule has 7 nitrogen and oxygen atoms in total. The number of ether oxygens (including phenoxy) is 2. The lowest BCUT2D eigenvalue weighted by molar-refractivity contribution is 0.0446. The van der Waals surface area contributed by atoms with Gasteiger partial charge in [-0.3, -0.25) is 4.55 Å². The van der Waals surface area contributed by atoms with Crippen molar-refractivity contribution in [1.82, 2.24) is 0 Å². The van der Waals surface area contributed by atoms with E-state index in [1.54, 1.807) is 0 Å². The molecule has 0 spiro atoms. The zero-order valence-corrected chi connectivity index (χ0v) is 24.0. The minimum Gasteiger partial charge on any atom is -0.462 e. The molecule has 38 heavy (non-hydrogen) atoms. The van der Waals surface area contributed by atoms with Crippen molar-refractivity contribution >= 4 is 22.1 Å². The molecule has 0 atom stereocenters. The number of hydrogen-bond acceptors (Lipinski definition) is 6. The molecule has 1 aromatic carbocycles. The molecule has 0 saturated carbocycles. The van der Waals surface area contributed by atoms with Crippen molar-refractivity contribution in [2.75, 3.05) is 13.2 Å². The summed E-state index contributed by atoms with van der Waals surface area (Å²) in [6, 6.07) is 3.68. The van der Waals surface area contributed by atoms with Gasteiger partial charge >= 0.3 is 11.9 Å². The predicted octanol–water partition coefficient (Wildman–Crippen LogP) is 7.86. The SMILES string of the molecule is CC/C=C/CCCCCCCOC(=O)c1cccc(S(=O)(=O)O)c1C(=O)OCCCCCCC/C=C/CC. The highest BCUT2D eigenvalue weighted by Gasteiger charge is 2.28. The molecule has 0 aliphatic rings. The van der Waals surface area contributed by atoms with Gasteiger partial charge in [-0.2, -0.15) is 8.42 Å². The Kier molecular flexibility index (Phi) is 18.1. The number of carbonyl (C=O) groups excluding carboxylic acids is 2. The van der Waals surface area contributed by atoms with Crippen molar-refractivity contribution in [1.29, 1.82) is 0 Å². The summed E-state index contributed by atoms with van der Waals surface area (Å²) in [5.74, 6) is -1.78. The molecule has 0 saturated heterocycles. The number of allylic oxidation sites excluding steroid dienone is 4. The summed E-state index contributed by atoms with van der Waals surface area (Å²) in [5.41, 5.74) is -0.712. The Morgan fingerprint density at radius 3 is 1.68 bits per heavy atom. The van der Waals surface area contributed by atoms with Gasteiger partial charge in [-0.05, 0) is 63.5 Å². The highest BCUT2D eigenvalue weighted by molar-refractivity contribution is 7.86. The van der Waals surface area contributed by atoms with Crippen LogP contribution in [0.1, 0.15) is 124 Å². The van der Waals surface area contributed by atoms with E-state index >= 15 is 0 Å². The first-order chi connectivity index (χ1) is 18.3. The number of rotatable bonds is 21. The number of esters is 2. The van der Waals surface area contributed by atoms with Crippen molar-refractivity contribution < 1.29 is 32.0 Å². The standard InChI is InChI=1S/C30H46O7S/c1-3-5-7-9-11-13-15-17-19-24-36-29(31)26-22-21-23-27(38(33,34)35)28(26)30(32)37-25-20-18-16-14-12-10-8-6-4-2/h5-8,21-23H,3-4,9-20,24-25H2,1-2H3,(H,33,34,35)/b7-5+,8-6+. The molecule has 1 aromatic rings. The van der Waals surface area contributed by atoms with Crippen LogP contribution in [0.3, 0.4) is 0 Å². The molecule has 1 rings (SSSR count). The van der Waals surface area contributed by atoms with Gasteiger partial charge in [0.1, 0.15) is 4.90 Å². The van der Waals surface area contributed by atoms with Crippen LogP contribution in [0.5, 0.6) is 0 Å². The Balaban J connectivity index is 2.57. The van der Waals surface area contributed by atoms with E-state index in [-0.39, 0.29) is 18.8 Å². The third kappa shape index (κ3) is 14.5. The van der Waals surface area contributed by atoms with Crippen LogP contribution in [0.4, 0.5) is 0 Å². The first-order valence-corrected chi connectivity index (χ1v) is 15.5. The summed E-state index contributed by atoms with van der Waals surface area (Å²) in [6.07, 6.45) is 22.5. The molecule has 0 heterocycles. The third-order valence-corrected chi connectivity index (χ3v) is 6.93. The Labute approximate surface area is 229 Å². The average Bonchev–Trinajstić information content (AvgIpc) is 2.89. The van der Waals surface area contributed by atoms with Gasteiger partial charge in [0.05, 0.1) is 24.3 Å². The van der Waals surface area contributed by atoms with Crippen LogP contribution in [-0.4, -0.2) is 38.1 Å². The second kappa shape index (κ2) is 20.5. The van der Waals surface area contributed by atoms with Crippen LogP contribution < -0.4 is 0 Å². The van der Waals surface area contributed by atoms with Crippen molar-refractivity contribution in [3.8, 4) is 0 Å². The Morgan fingerprint density at radius 2 is 1.18 bits per heavy atom. The summed E-state index contributed by atoms with van der Waals surface area (Å²) in [5, 5.41) is 0. The smallest absolute Gasteiger partial charge is 0.340 e. The molecule has 0 aliphatic carbocycles. The Hall–Kier alpha value is -2.45. The summed E-state index contributed by atoms with van der Waals surface area (Å²) in [6.45, 7) is 4.47. The fourth-order valence-electron chi connectivity index (χ4n) is 3.96. The highest BCUT2D eigenvalue weighted by Crippen LogP contribution is 2.22. The van der Waals surface area contributed by atoms with E-state index in [0.717, 1.165) is 83.1 Å². The van der Waals surface area contributed by atoms with E-state index in [2.05, 4.69) is 38.2 Å². The van der Waals surface area contributed by atoms with Crippen LogP contribution in [0.15, 0.2) is 47.4 Å². The molecule has 1 N–H and O–H groups in total. The van der Waals surface area contributed by atoms with Gasteiger partial charge in [-0.15, -0.1) is 0 Å². The summed E-state index contributed by atoms with van der Waals surface area (Å²) >= 11 is 0. The Morgan fingerprint density at radius 1 is 0.711 bits per heavy atom. The maximum absolute atomic E-state index is 12.8. The lowest BCUT2D eigenvalue weighted by Crippen LogP contribution is -2.19. The quantitative estimate of drug-likeness (QED) is 0.0718. The summed E-state index contributed by atoms with van der Waals surface area (Å²) in [4.78, 5) is 24.8. The lowest BCUT2D eigenvalue weighted by Gasteiger charge is -2.13. The minimum absolute atomic E-state index is 0.0943. The topological polar surface area (TPSA) is 107 Å². The number of carbonyl (C=O) groups is 2. The zero-order chi connectivity index (χ0) is 28.1. The summed E-state index contributed by atoms with van der Waals surface area (Å²) in [7, 11) is -4.75. The first kappa shape index (κ1) is 33.6. The normalized spacial score (nSPS) is 11.9. The molecule has 214 valence electrons. The van der Waals surface area contributed by atoms with Gasteiger partial charge in [0, 0.05) is 0 Å². The maximum atomic E-state index is 12.8. The largest absolute Gasteiger partial charge is 0.462 e. The predicted molar refractivity (Wildman–Crippen MR) is 151 cm³/mol. The molecule has 0 unspecified atom stereocenters. The molecule has 0 radical (unpaired) electrons. The number of hydrogen-bond donors (Lipinski definition) is 1. The van der Waals surface area contributed by atoms with Crippen molar-refractivity contribution in [2.45, 2.75) is 109 Å². The molecular formula is C30H46O7S. The monoisotopic (exact) mass is 550 g/mol. The van der Waals surface area contributed by atoms with Crippen LogP contribution >= 0.6 is 0 Å². The van der Waals surface area contributed by atoms with E-state index in [9.17, 15) is 22.6 Å². The maximum Gasteiger partial charge on any atom is 0.340 e. The molecular weight excluding hydrogens is 504 g/mol. The van der Waals surface area contributed by atoms with Crippen LogP contribution in [0.25, 0.3) is 0 Å². The molecule has 0 aliphatic heterocycles. The first-order valence-electron chi connectivity index (χ1n) is 14.1. The second-order valence-electron chi connectivity index (χ2n) is 9.30. The fraction of sp³-hybridized carbons (Fsp3) is 0.600. The van der Waals surface area contributed by atoms with Crippen LogP contribution in [0.2, 0.25) is 0 Å². The highest BCUT2D eigenvalue weighted by atomic mass is 32.2. The molecule has 0 aromatic heterocycles. The van der Waals surface area contributed by atoms with E-state index in [4.69, 9.17) is 9.47 Å². The molecule has 8 heteroatoms. The number of unbranched alkanes of at least 4 members (excludes halogenated alkanes) is 10. The molecule has 0 amide bonds. The van der Waals surface area contributed by atoms with E-state index in [0.29, 0.717) is 12.8 Å². The average molecular weight is 551 g/mol. The van der Waals surface area contributed by atoms with E-state index < -0.39 is 32.5 Å². The van der Waals surface area contributed by atoms with Gasteiger partial charge in [0.25, 0.3) is 10.1 Å². The van der Waals surface area contributed by atoms with Gasteiger partial charge in [-0.25, -0.2) is 9.59 Å². The van der Waals surface area contributed by atoms with Gasteiger partial charge < -0.3 is 9.47 Å².